The Balaban J connectivity index is 2.25. The summed E-state index contributed by atoms with van der Waals surface area (Å²) in [6.07, 6.45) is 3.32. The lowest BCUT2D eigenvalue weighted by atomic mass is 9.68. The summed E-state index contributed by atoms with van der Waals surface area (Å²) in [5.41, 5.74) is -0.791. The van der Waals surface area contributed by atoms with Crippen molar-refractivity contribution in [2.45, 2.75) is 58.4 Å². The molecule has 0 unspecified atom stereocenters. The highest BCUT2D eigenvalue weighted by Gasteiger charge is 2.46. The van der Waals surface area contributed by atoms with Crippen molar-refractivity contribution in [3.8, 4) is 0 Å². The van der Waals surface area contributed by atoms with Crippen LogP contribution in [0, 0.1) is 5.41 Å². The molecule has 1 aliphatic rings. The molecule has 0 atom stereocenters. The predicted octanol–water partition coefficient (Wildman–Crippen LogP) is 1.62. The molecule has 1 aromatic rings. The fraction of sp³-hybridized carbons (Fsp3) is 0.833. The van der Waals surface area contributed by atoms with E-state index >= 15 is 0 Å². The lowest BCUT2D eigenvalue weighted by Gasteiger charge is -2.37. The molecule has 1 saturated carbocycles. The van der Waals surface area contributed by atoms with Crippen LogP contribution in [0.2, 0.25) is 0 Å². The fourth-order valence-electron chi connectivity index (χ4n) is 2.28. The number of aromatic nitrogens is 4. The van der Waals surface area contributed by atoms with Crippen molar-refractivity contribution in [1.82, 2.24) is 20.2 Å². The van der Waals surface area contributed by atoms with Crippen molar-refractivity contribution in [2.75, 3.05) is 0 Å². The summed E-state index contributed by atoms with van der Waals surface area (Å²) in [5.74, 6) is 0.0435. The van der Waals surface area contributed by atoms with Crippen LogP contribution in [0.4, 0.5) is 0 Å². The standard InChI is InChI=1S/C12H20N4O2/c1-4-11(2,3)9-13-14-15-16(9)8-12(10(17)18)6-5-7-12/h4-8H2,1-3H3,(H,17,18). The van der Waals surface area contributed by atoms with Crippen molar-refractivity contribution < 1.29 is 9.90 Å². The van der Waals surface area contributed by atoms with E-state index in [0.29, 0.717) is 19.4 Å². The van der Waals surface area contributed by atoms with Gasteiger partial charge in [0.15, 0.2) is 5.82 Å². The maximum atomic E-state index is 11.4. The monoisotopic (exact) mass is 252 g/mol. The van der Waals surface area contributed by atoms with Gasteiger partial charge in [-0.15, -0.1) is 5.10 Å². The van der Waals surface area contributed by atoms with Crippen LogP contribution in [0.15, 0.2) is 0 Å². The molecule has 0 amide bonds. The lowest BCUT2D eigenvalue weighted by molar-refractivity contribution is -0.156. The van der Waals surface area contributed by atoms with E-state index in [2.05, 4.69) is 36.3 Å². The van der Waals surface area contributed by atoms with Gasteiger partial charge in [-0.2, -0.15) is 0 Å². The third kappa shape index (κ3) is 2.00. The van der Waals surface area contributed by atoms with E-state index in [1.54, 1.807) is 4.68 Å². The Labute approximate surface area is 106 Å². The quantitative estimate of drug-likeness (QED) is 0.861. The highest BCUT2D eigenvalue weighted by atomic mass is 16.4. The summed E-state index contributed by atoms with van der Waals surface area (Å²) in [7, 11) is 0. The normalized spacial score (nSPS) is 18.4. The van der Waals surface area contributed by atoms with Crippen molar-refractivity contribution >= 4 is 5.97 Å². The zero-order valence-electron chi connectivity index (χ0n) is 11.2. The van der Waals surface area contributed by atoms with Crippen LogP contribution in [0.3, 0.4) is 0 Å². The summed E-state index contributed by atoms with van der Waals surface area (Å²) in [5, 5.41) is 21.1. The Kier molecular flexibility index (Phi) is 3.12. The van der Waals surface area contributed by atoms with Crippen molar-refractivity contribution in [3.05, 3.63) is 5.82 Å². The van der Waals surface area contributed by atoms with Crippen LogP contribution in [-0.2, 0) is 16.8 Å². The molecule has 6 heteroatoms. The maximum absolute atomic E-state index is 11.4. The predicted molar refractivity (Wildman–Crippen MR) is 65.1 cm³/mol. The molecule has 1 heterocycles. The Morgan fingerprint density at radius 3 is 2.61 bits per heavy atom. The minimum absolute atomic E-state index is 0.132. The number of hydrogen-bond acceptors (Lipinski definition) is 4. The van der Waals surface area contributed by atoms with E-state index in [9.17, 15) is 9.90 Å². The first-order valence-electron chi connectivity index (χ1n) is 6.41. The molecule has 1 N–H and O–H groups in total. The second-order valence-electron chi connectivity index (χ2n) is 5.84. The van der Waals surface area contributed by atoms with E-state index in [0.717, 1.165) is 18.7 Å². The molecule has 1 fully saturated rings. The second kappa shape index (κ2) is 4.33. The van der Waals surface area contributed by atoms with Crippen LogP contribution >= 0.6 is 0 Å². The molecule has 18 heavy (non-hydrogen) atoms. The molecule has 0 radical (unpaired) electrons. The van der Waals surface area contributed by atoms with Crippen molar-refractivity contribution in [3.63, 3.8) is 0 Å². The summed E-state index contributed by atoms with van der Waals surface area (Å²) in [6, 6.07) is 0. The summed E-state index contributed by atoms with van der Waals surface area (Å²) < 4.78 is 1.68. The number of nitrogens with zero attached hydrogens (tertiary/aromatic N) is 4. The largest absolute Gasteiger partial charge is 0.481 e. The average molecular weight is 252 g/mol. The maximum Gasteiger partial charge on any atom is 0.311 e. The molecule has 0 aromatic carbocycles. The molecular formula is C12H20N4O2. The van der Waals surface area contributed by atoms with E-state index in [-0.39, 0.29) is 5.41 Å². The first-order valence-corrected chi connectivity index (χ1v) is 6.41. The number of aliphatic carboxylic acids is 1. The highest BCUT2D eigenvalue weighted by Crippen LogP contribution is 2.43. The lowest BCUT2D eigenvalue weighted by Crippen LogP contribution is -2.43. The first kappa shape index (κ1) is 13.0. The van der Waals surface area contributed by atoms with Crippen molar-refractivity contribution in [1.29, 1.82) is 0 Å². The van der Waals surface area contributed by atoms with E-state index < -0.39 is 11.4 Å². The number of carboxylic acid groups (broad SMARTS) is 1. The minimum Gasteiger partial charge on any atom is -0.481 e. The zero-order valence-corrected chi connectivity index (χ0v) is 11.2. The minimum atomic E-state index is -0.732. The van der Waals surface area contributed by atoms with Crippen LogP contribution in [-0.4, -0.2) is 31.3 Å². The van der Waals surface area contributed by atoms with Crippen LogP contribution in [0.25, 0.3) is 0 Å². The third-order valence-electron chi connectivity index (χ3n) is 4.24. The molecule has 0 bridgehead atoms. The molecule has 100 valence electrons. The van der Waals surface area contributed by atoms with Gasteiger partial charge in [0, 0.05) is 5.41 Å². The summed E-state index contributed by atoms with van der Waals surface area (Å²) in [4.78, 5) is 11.4. The number of carboxylic acids is 1. The van der Waals surface area contributed by atoms with Gasteiger partial charge in [-0.25, -0.2) is 4.68 Å². The molecule has 0 spiro atoms. The first-order chi connectivity index (χ1) is 8.41. The molecule has 0 saturated heterocycles. The topological polar surface area (TPSA) is 80.9 Å². The van der Waals surface area contributed by atoms with Crippen molar-refractivity contribution in [2.24, 2.45) is 5.41 Å². The van der Waals surface area contributed by atoms with Gasteiger partial charge in [-0.05, 0) is 29.7 Å². The van der Waals surface area contributed by atoms with E-state index in [1.807, 2.05) is 0 Å². The number of hydrogen-bond donors (Lipinski definition) is 1. The zero-order chi connectivity index (χ0) is 13.4. The summed E-state index contributed by atoms with van der Waals surface area (Å²) >= 11 is 0. The van der Waals surface area contributed by atoms with Crippen LogP contribution in [0.5, 0.6) is 0 Å². The van der Waals surface area contributed by atoms with Gasteiger partial charge < -0.3 is 5.11 Å². The Morgan fingerprint density at radius 1 is 1.50 bits per heavy atom. The number of carbonyl (C=O) groups is 1. The molecule has 1 aliphatic carbocycles. The summed E-state index contributed by atoms with van der Waals surface area (Å²) in [6.45, 7) is 6.61. The van der Waals surface area contributed by atoms with Gasteiger partial charge in [0.2, 0.25) is 0 Å². The highest BCUT2D eigenvalue weighted by molar-refractivity contribution is 5.75. The fourth-order valence-corrected chi connectivity index (χ4v) is 2.28. The van der Waals surface area contributed by atoms with E-state index in [1.165, 1.54) is 0 Å². The van der Waals surface area contributed by atoms with E-state index in [4.69, 9.17) is 0 Å². The average Bonchev–Trinajstić information content (AvgIpc) is 2.71. The smallest absolute Gasteiger partial charge is 0.311 e. The van der Waals surface area contributed by atoms with Gasteiger partial charge in [0.25, 0.3) is 0 Å². The second-order valence-corrected chi connectivity index (χ2v) is 5.84. The SMILES string of the molecule is CCC(C)(C)c1nnnn1CC1(C(=O)O)CCC1. The molecule has 1 aromatic heterocycles. The molecule has 6 nitrogen and oxygen atoms in total. The van der Waals surface area contributed by atoms with Gasteiger partial charge in [0.05, 0.1) is 12.0 Å². The Bertz CT molecular complexity index is 449. The number of tetrazole rings is 1. The molecule has 0 aliphatic heterocycles. The van der Waals surface area contributed by atoms with Gasteiger partial charge in [-0.1, -0.05) is 27.2 Å². The third-order valence-corrected chi connectivity index (χ3v) is 4.24. The van der Waals surface area contributed by atoms with Crippen LogP contribution < -0.4 is 0 Å². The number of rotatable bonds is 5. The van der Waals surface area contributed by atoms with Crippen LogP contribution in [0.1, 0.15) is 52.3 Å². The van der Waals surface area contributed by atoms with Gasteiger partial charge in [-0.3, -0.25) is 4.79 Å². The van der Waals surface area contributed by atoms with Gasteiger partial charge in [0.1, 0.15) is 0 Å². The Hall–Kier alpha value is -1.46. The molecule has 2 rings (SSSR count). The molecular weight excluding hydrogens is 232 g/mol. The van der Waals surface area contributed by atoms with Gasteiger partial charge >= 0.3 is 5.97 Å². The Morgan fingerprint density at radius 2 is 2.17 bits per heavy atom.